The second-order valence-electron chi connectivity index (χ2n) is 17.3. The maximum atomic E-state index is 2.49. The average Bonchev–Trinajstić information content (AvgIpc) is 4.03. The van der Waals surface area contributed by atoms with Crippen LogP contribution in [0.1, 0.15) is 5.56 Å². The first-order valence-corrected chi connectivity index (χ1v) is 24.8. The van der Waals surface area contributed by atoms with Gasteiger partial charge >= 0.3 is 0 Å². The Kier molecular flexibility index (Phi) is 8.61. The van der Waals surface area contributed by atoms with Gasteiger partial charge in [-0.1, -0.05) is 182 Å². The molecule has 0 aliphatic heterocycles. The largest absolute Gasteiger partial charge is 0.309 e. The highest BCUT2D eigenvalue weighted by atomic mass is 28.3. The zero-order valence-electron chi connectivity index (χ0n) is 35.7. The van der Waals surface area contributed by atoms with Gasteiger partial charge in [0.1, 0.15) is 0 Å². The van der Waals surface area contributed by atoms with E-state index in [-0.39, 0.29) is 0 Å². The van der Waals surface area contributed by atoms with Crippen LogP contribution in [0.2, 0.25) is 0 Å². The summed E-state index contributed by atoms with van der Waals surface area (Å²) in [6, 6.07) is 93.2. The number of nitrogens with zero attached hydrogens (tertiary/aromatic N) is 3. The third kappa shape index (κ3) is 5.67. The number of para-hydroxylation sites is 6. The van der Waals surface area contributed by atoms with E-state index >= 15 is 0 Å². The summed E-state index contributed by atoms with van der Waals surface area (Å²) in [4.78, 5) is 0. The van der Waals surface area contributed by atoms with Crippen LogP contribution in [0, 0.1) is 0 Å². The van der Waals surface area contributed by atoms with Gasteiger partial charge < -0.3 is 13.7 Å². The highest BCUT2D eigenvalue weighted by molar-refractivity contribution is 7.11. The molecule has 306 valence electrons. The van der Waals surface area contributed by atoms with Crippen LogP contribution in [-0.2, 0) is 6.04 Å². The summed E-state index contributed by atoms with van der Waals surface area (Å²) < 4.78 is 7.40. The molecule has 0 spiro atoms. The van der Waals surface area contributed by atoms with Crippen LogP contribution in [0.15, 0.2) is 249 Å². The predicted octanol–water partition coefficient (Wildman–Crippen LogP) is 13.2. The molecule has 0 aliphatic rings. The van der Waals surface area contributed by atoms with E-state index in [2.05, 4.69) is 262 Å². The molecule has 3 nitrogen and oxygen atoms in total. The van der Waals surface area contributed by atoms with Gasteiger partial charge in [0.05, 0.1) is 33.1 Å². The third-order valence-corrected chi connectivity index (χ3v) is 18.8. The summed E-state index contributed by atoms with van der Waals surface area (Å²) in [7, 11) is -2.79. The average molecular weight is 846 g/mol. The molecule has 10 aromatic carbocycles. The van der Waals surface area contributed by atoms with Gasteiger partial charge in [-0.15, -0.1) is 0 Å². The van der Waals surface area contributed by atoms with Crippen molar-refractivity contribution in [2.45, 2.75) is 6.04 Å². The van der Waals surface area contributed by atoms with E-state index in [1.165, 1.54) is 97.9 Å². The molecule has 0 atom stereocenters. The Labute approximate surface area is 378 Å². The molecule has 0 N–H and O–H groups in total. The molecule has 13 rings (SSSR count). The first-order valence-electron chi connectivity index (χ1n) is 22.6. The second kappa shape index (κ2) is 15.0. The van der Waals surface area contributed by atoms with Crippen molar-refractivity contribution < 1.29 is 0 Å². The van der Waals surface area contributed by atoms with Crippen LogP contribution in [0.5, 0.6) is 0 Å². The maximum absolute atomic E-state index is 2.79. The SMILES string of the molecule is c1ccc(-n2c3ccccc3c3c4c5ccccc5n(-c5ccc([Si](Cc6cccc7c8ccccc8n(-c8ccccc8)c67)(c6ccccc6)c6ccccc6)cc5)c4ccc32)cc1. The van der Waals surface area contributed by atoms with Gasteiger partial charge in [-0.3, -0.25) is 0 Å². The Morgan fingerprint density at radius 2 is 0.646 bits per heavy atom. The summed E-state index contributed by atoms with van der Waals surface area (Å²) >= 11 is 0. The van der Waals surface area contributed by atoms with Crippen molar-refractivity contribution >= 4 is 89.1 Å². The van der Waals surface area contributed by atoms with E-state index in [4.69, 9.17) is 0 Å². The van der Waals surface area contributed by atoms with Crippen molar-refractivity contribution in [1.82, 2.24) is 13.7 Å². The molecule has 13 aromatic rings. The number of aromatic nitrogens is 3. The normalized spacial score (nSPS) is 12.1. The van der Waals surface area contributed by atoms with E-state index in [1.54, 1.807) is 0 Å². The van der Waals surface area contributed by atoms with Crippen LogP contribution in [0.4, 0.5) is 0 Å². The van der Waals surface area contributed by atoms with Crippen LogP contribution < -0.4 is 15.6 Å². The van der Waals surface area contributed by atoms with E-state index in [0.29, 0.717) is 0 Å². The van der Waals surface area contributed by atoms with Crippen molar-refractivity contribution in [3.8, 4) is 17.1 Å². The molecule has 0 saturated heterocycles. The van der Waals surface area contributed by atoms with Gasteiger partial charge in [0.15, 0.2) is 8.07 Å². The van der Waals surface area contributed by atoms with Gasteiger partial charge in [-0.25, -0.2) is 0 Å². The number of hydrogen-bond acceptors (Lipinski definition) is 0. The smallest absolute Gasteiger partial charge is 0.152 e. The minimum absolute atomic E-state index is 0.889. The summed E-state index contributed by atoms with van der Waals surface area (Å²) in [6.07, 6.45) is 0. The standard InChI is InChI=1S/C61H43N3Si/c1-5-21-44(22-6-1)62-55-34-17-14-30-52(55)59-57(62)40-41-58-60(59)53-31-15-18-35-56(53)63(58)46-36-38-49(39-37-46)65(47-25-9-3-10-26-47,48-27-11-4-12-28-48)42-43-20-19-32-51-50-29-13-16-33-54(50)64(61(43)51)45-23-7-2-8-24-45/h1-41H,42H2. The number of hydrogen-bond donors (Lipinski definition) is 0. The Bertz CT molecular complexity index is 3840. The zero-order chi connectivity index (χ0) is 42.9. The summed E-state index contributed by atoms with van der Waals surface area (Å²) in [6.45, 7) is 0. The van der Waals surface area contributed by atoms with Crippen LogP contribution in [0.3, 0.4) is 0 Å². The molecule has 65 heavy (non-hydrogen) atoms. The van der Waals surface area contributed by atoms with Crippen molar-refractivity contribution in [3.63, 3.8) is 0 Å². The quantitative estimate of drug-likeness (QED) is 0.107. The Hall–Kier alpha value is -8.18. The van der Waals surface area contributed by atoms with Crippen molar-refractivity contribution in [2.24, 2.45) is 0 Å². The van der Waals surface area contributed by atoms with Gasteiger partial charge in [-0.2, -0.15) is 0 Å². The topological polar surface area (TPSA) is 14.8 Å². The lowest BCUT2D eigenvalue weighted by molar-refractivity contribution is 1.16. The van der Waals surface area contributed by atoms with Gasteiger partial charge in [0.25, 0.3) is 0 Å². The van der Waals surface area contributed by atoms with E-state index < -0.39 is 8.07 Å². The molecule has 0 amide bonds. The molecule has 3 heterocycles. The van der Waals surface area contributed by atoms with Crippen LogP contribution >= 0.6 is 0 Å². The molecule has 4 heteroatoms. The monoisotopic (exact) mass is 845 g/mol. The molecule has 3 aromatic heterocycles. The molecule has 0 bridgehead atoms. The number of benzene rings is 10. The lowest BCUT2D eigenvalue weighted by Gasteiger charge is -2.34. The van der Waals surface area contributed by atoms with Gasteiger partial charge in [0.2, 0.25) is 0 Å². The van der Waals surface area contributed by atoms with E-state index in [0.717, 1.165) is 11.7 Å². The molecular formula is C61H43N3Si. The Balaban J connectivity index is 1.04. The summed E-state index contributed by atoms with van der Waals surface area (Å²) in [5.74, 6) is 0. The molecular weight excluding hydrogens is 803 g/mol. The highest BCUT2D eigenvalue weighted by Crippen LogP contribution is 2.42. The highest BCUT2D eigenvalue weighted by Gasteiger charge is 2.40. The first kappa shape index (κ1) is 37.4. The predicted molar refractivity (Wildman–Crippen MR) is 277 cm³/mol. The van der Waals surface area contributed by atoms with Crippen molar-refractivity contribution in [1.29, 1.82) is 0 Å². The number of rotatable bonds is 8. The Morgan fingerprint density at radius 1 is 0.262 bits per heavy atom. The molecule has 0 unspecified atom stereocenters. The second-order valence-corrected chi connectivity index (χ2v) is 21.2. The number of fused-ring (bicyclic) bond motifs is 10. The van der Waals surface area contributed by atoms with Crippen LogP contribution in [-0.4, -0.2) is 21.8 Å². The van der Waals surface area contributed by atoms with E-state index in [1.807, 2.05) is 0 Å². The van der Waals surface area contributed by atoms with Gasteiger partial charge in [0, 0.05) is 49.4 Å². The fourth-order valence-corrected chi connectivity index (χ4v) is 15.9. The van der Waals surface area contributed by atoms with Crippen LogP contribution in [0.25, 0.3) is 82.5 Å². The fourth-order valence-electron chi connectivity index (χ4n) is 11.2. The lowest BCUT2D eigenvalue weighted by atomic mass is 10.1. The maximum Gasteiger partial charge on any atom is 0.152 e. The minimum Gasteiger partial charge on any atom is -0.309 e. The first-order chi connectivity index (χ1) is 32.3. The Morgan fingerprint density at radius 3 is 1.17 bits per heavy atom. The molecule has 0 aliphatic carbocycles. The van der Waals surface area contributed by atoms with Crippen molar-refractivity contribution in [2.75, 3.05) is 0 Å². The van der Waals surface area contributed by atoms with E-state index in [9.17, 15) is 0 Å². The lowest BCUT2D eigenvalue weighted by Crippen LogP contribution is -2.69. The fraction of sp³-hybridized carbons (Fsp3) is 0.0164. The molecule has 0 radical (unpaired) electrons. The molecule has 0 fully saturated rings. The summed E-state index contributed by atoms with van der Waals surface area (Å²) in [5, 5.41) is 11.8. The summed E-state index contributed by atoms with van der Waals surface area (Å²) in [5.41, 5.74) is 12.2. The van der Waals surface area contributed by atoms with Crippen molar-refractivity contribution in [3.05, 3.63) is 254 Å². The minimum atomic E-state index is -2.79. The third-order valence-electron chi connectivity index (χ3n) is 13.9. The molecule has 0 saturated carbocycles. The zero-order valence-corrected chi connectivity index (χ0v) is 36.7. The van der Waals surface area contributed by atoms with Gasteiger partial charge in [-0.05, 0) is 93.9 Å².